The van der Waals surface area contributed by atoms with Crippen molar-refractivity contribution in [3.63, 3.8) is 0 Å². The van der Waals surface area contributed by atoms with Crippen molar-refractivity contribution < 1.29 is 23.1 Å². The van der Waals surface area contributed by atoms with E-state index in [1.165, 1.54) is 11.8 Å². The SMILES string of the molecule is CSCC[C@@H](NC(=O)CCS(C)(=O)=O)C(=O)O. The summed E-state index contributed by atoms with van der Waals surface area (Å²) in [5, 5.41) is 11.1. The van der Waals surface area contributed by atoms with Crippen molar-refractivity contribution in [2.45, 2.75) is 18.9 Å². The number of carbonyl (C=O) groups excluding carboxylic acids is 1. The third kappa shape index (κ3) is 8.99. The fourth-order valence-electron chi connectivity index (χ4n) is 1.04. The van der Waals surface area contributed by atoms with Crippen LogP contribution >= 0.6 is 11.8 Å². The Hall–Kier alpha value is -0.760. The zero-order valence-corrected chi connectivity index (χ0v) is 11.4. The number of amides is 1. The zero-order valence-electron chi connectivity index (χ0n) is 9.80. The lowest BCUT2D eigenvalue weighted by Gasteiger charge is -2.13. The lowest BCUT2D eigenvalue weighted by atomic mass is 10.2. The number of hydrogen-bond acceptors (Lipinski definition) is 5. The summed E-state index contributed by atoms with van der Waals surface area (Å²) in [5.41, 5.74) is 0. The van der Waals surface area contributed by atoms with Crippen LogP contribution in [-0.2, 0) is 19.4 Å². The number of carboxylic acid groups (broad SMARTS) is 1. The second-order valence-corrected chi connectivity index (χ2v) is 6.87. The van der Waals surface area contributed by atoms with Crippen LogP contribution in [0.3, 0.4) is 0 Å². The molecular weight excluding hydrogens is 266 g/mol. The minimum Gasteiger partial charge on any atom is -0.480 e. The van der Waals surface area contributed by atoms with E-state index in [2.05, 4.69) is 5.32 Å². The fraction of sp³-hybridized carbons (Fsp3) is 0.778. The van der Waals surface area contributed by atoms with E-state index < -0.39 is 27.8 Å². The van der Waals surface area contributed by atoms with Crippen LogP contribution in [0.15, 0.2) is 0 Å². The molecule has 0 aromatic carbocycles. The normalized spacial score (nSPS) is 13.1. The maximum Gasteiger partial charge on any atom is 0.326 e. The van der Waals surface area contributed by atoms with Gasteiger partial charge >= 0.3 is 5.97 Å². The van der Waals surface area contributed by atoms with Crippen molar-refractivity contribution in [2.75, 3.05) is 24.0 Å². The molecule has 0 aliphatic carbocycles. The number of rotatable bonds is 8. The number of thioether (sulfide) groups is 1. The molecule has 0 bridgehead atoms. The van der Waals surface area contributed by atoms with Crippen LogP contribution in [0.5, 0.6) is 0 Å². The standard InChI is InChI=1S/C9H17NO5S2/c1-16-5-3-7(9(12)13)10-8(11)4-6-17(2,14)15/h7H,3-6H2,1-2H3,(H,10,11)(H,12,13)/t7-/m1/s1. The Balaban J connectivity index is 4.17. The monoisotopic (exact) mass is 283 g/mol. The minimum absolute atomic E-state index is 0.206. The molecule has 0 aromatic heterocycles. The molecule has 0 aliphatic heterocycles. The van der Waals surface area contributed by atoms with E-state index in [9.17, 15) is 18.0 Å². The van der Waals surface area contributed by atoms with E-state index in [0.29, 0.717) is 12.2 Å². The molecule has 0 aromatic rings. The van der Waals surface area contributed by atoms with E-state index in [-0.39, 0.29) is 12.2 Å². The Bertz CT molecular complexity index is 366. The molecule has 0 unspecified atom stereocenters. The molecule has 0 fully saturated rings. The number of hydrogen-bond donors (Lipinski definition) is 2. The molecule has 8 heteroatoms. The van der Waals surface area contributed by atoms with E-state index in [1.807, 2.05) is 6.26 Å². The van der Waals surface area contributed by atoms with Crippen molar-refractivity contribution in [3.05, 3.63) is 0 Å². The Labute approximate surface area is 105 Å². The number of aliphatic carboxylic acids is 1. The average Bonchev–Trinajstić information content (AvgIpc) is 2.19. The van der Waals surface area contributed by atoms with Crippen LogP contribution < -0.4 is 5.32 Å². The van der Waals surface area contributed by atoms with Gasteiger partial charge in [-0.15, -0.1) is 0 Å². The number of carbonyl (C=O) groups is 2. The van der Waals surface area contributed by atoms with Gasteiger partial charge in [-0.2, -0.15) is 11.8 Å². The van der Waals surface area contributed by atoms with Crippen molar-refractivity contribution >= 4 is 33.5 Å². The lowest BCUT2D eigenvalue weighted by Crippen LogP contribution is -2.41. The first-order chi connectivity index (χ1) is 7.76. The summed E-state index contributed by atoms with van der Waals surface area (Å²) in [7, 11) is -3.20. The maximum atomic E-state index is 11.3. The predicted molar refractivity (Wildman–Crippen MR) is 66.9 cm³/mol. The molecule has 6 nitrogen and oxygen atoms in total. The molecule has 17 heavy (non-hydrogen) atoms. The van der Waals surface area contributed by atoms with Crippen LogP contribution in [0.2, 0.25) is 0 Å². The Kier molecular flexibility index (Phi) is 7.21. The number of carboxylic acids is 1. The maximum absolute atomic E-state index is 11.3. The Morgan fingerprint density at radius 3 is 2.41 bits per heavy atom. The topological polar surface area (TPSA) is 101 Å². The molecule has 100 valence electrons. The van der Waals surface area contributed by atoms with Crippen molar-refractivity contribution in [1.82, 2.24) is 5.32 Å². The molecular formula is C9H17NO5S2. The lowest BCUT2D eigenvalue weighted by molar-refractivity contribution is -0.141. The van der Waals surface area contributed by atoms with Gasteiger partial charge in [-0.1, -0.05) is 0 Å². The van der Waals surface area contributed by atoms with E-state index in [1.54, 1.807) is 0 Å². The minimum atomic E-state index is -3.20. The highest BCUT2D eigenvalue weighted by atomic mass is 32.2. The molecule has 0 rings (SSSR count). The molecule has 2 N–H and O–H groups in total. The highest BCUT2D eigenvalue weighted by molar-refractivity contribution is 7.98. The second-order valence-electron chi connectivity index (χ2n) is 3.62. The van der Waals surface area contributed by atoms with Gasteiger partial charge in [0, 0.05) is 12.7 Å². The van der Waals surface area contributed by atoms with Gasteiger partial charge < -0.3 is 10.4 Å². The van der Waals surface area contributed by atoms with Gasteiger partial charge in [0.15, 0.2) is 0 Å². The van der Waals surface area contributed by atoms with Crippen LogP contribution in [0.25, 0.3) is 0 Å². The molecule has 0 radical (unpaired) electrons. The highest BCUT2D eigenvalue weighted by Gasteiger charge is 2.19. The van der Waals surface area contributed by atoms with Gasteiger partial charge in [0.2, 0.25) is 5.91 Å². The van der Waals surface area contributed by atoms with Gasteiger partial charge in [0.25, 0.3) is 0 Å². The molecule has 0 aliphatic rings. The van der Waals surface area contributed by atoms with E-state index in [0.717, 1.165) is 6.26 Å². The zero-order chi connectivity index (χ0) is 13.5. The summed E-state index contributed by atoms with van der Waals surface area (Å²) < 4.78 is 21.7. The summed E-state index contributed by atoms with van der Waals surface area (Å²) in [6.45, 7) is 0. The van der Waals surface area contributed by atoms with Gasteiger partial charge in [-0.05, 0) is 18.4 Å². The highest BCUT2D eigenvalue weighted by Crippen LogP contribution is 2.01. The number of nitrogens with one attached hydrogen (secondary N) is 1. The van der Waals surface area contributed by atoms with E-state index >= 15 is 0 Å². The first-order valence-corrected chi connectivity index (χ1v) is 8.40. The molecule has 0 heterocycles. The van der Waals surface area contributed by atoms with Crippen molar-refractivity contribution in [2.24, 2.45) is 0 Å². The Morgan fingerprint density at radius 2 is 2.00 bits per heavy atom. The third-order valence-corrected chi connectivity index (χ3v) is 3.53. The first kappa shape index (κ1) is 16.2. The molecule has 0 saturated carbocycles. The van der Waals surface area contributed by atoms with Crippen molar-refractivity contribution in [3.8, 4) is 0 Å². The van der Waals surface area contributed by atoms with Crippen LogP contribution in [0.4, 0.5) is 0 Å². The summed E-state index contributed by atoms with van der Waals surface area (Å²) >= 11 is 1.48. The van der Waals surface area contributed by atoms with Crippen molar-refractivity contribution in [1.29, 1.82) is 0 Å². The van der Waals surface area contributed by atoms with Gasteiger partial charge in [0.1, 0.15) is 15.9 Å². The van der Waals surface area contributed by atoms with Gasteiger partial charge in [-0.3, -0.25) is 4.79 Å². The van der Waals surface area contributed by atoms with Crippen LogP contribution in [-0.4, -0.2) is 55.5 Å². The quantitative estimate of drug-likeness (QED) is 0.637. The van der Waals surface area contributed by atoms with E-state index in [4.69, 9.17) is 5.11 Å². The van der Waals surface area contributed by atoms with Crippen LogP contribution in [0, 0.1) is 0 Å². The average molecular weight is 283 g/mol. The molecule has 0 spiro atoms. The molecule has 1 amide bonds. The summed E-state index contributed by atoms with van der Waals surface area (Å²) in [6, 6.07) is -0.950. The fourth-order valence-corrected chi connectivity index (χ4v) is 2.07. The smallest absolute Gasteiger partial charge is 0.326 e. The summed E-state index contributed by atoms with van der Waals surface area (Å²) in [4.78, 5) is 22.1. The number of sulfone groups is 1. The Morgan fingerprint density at radius 1 is 1.41 bits per heavy atom. The molecule has 1 atom stereocenters. The molecule has 0 saturated heterocycles. The third-order valence-electron chi connectivity index (χ3n) is 1.94. The van der Waals surface area contributed by atoms with Gasteiger partial charge in [0.05, 0.1) is 5.75 Å². The summed E-state index contributed by atoms with van der Waals surface area (Å²) in [5.74, 6) is -1.31. The largest absolute Gasteiger partial charge is 0.480 e. The first-order valence-electron chi connectivity index (χ1n) is 4.95. The second kappa shape index (κ2) is 7.54. The summed E-state index contributed by atoms with van der Waals surface area (Å²) in [6.07, 6.45) is 2.98. The predicted octanol–water partition coefficient (Wildman–Crippen LogP) is -0.256. The van der Waals surface area contributed by atoms with Gasteiger partial charge in [-0.25, -0.2) is 13.2 Å². The van der Waals surface area contributed by atoms with Crippen LogP contribution in [0.1, 0.15) is 12.8 Å².